The van der Waals surface area contributed by atoms with E-state index in [2.05, 4.69) is 89.2 Å². The van der Waals surface area contributed by atoms with Crippen LogP contribution in [0.4, 0.5) is 0 Å². The molecule has 31 heavy (non-hydrogen) atoms. The molecule has 3 aromatic carbocycles. The first-order valence-electron chi connectivity index (χ1n) is 12.0. The Hall–Kier alpha value is -2.60. The normalized spacial score (nSPS) is 12.7. The van der Waals surface area contributed by atoms with Crippen molar-refractivity contribution in [1.82, 2.24) is 0 Å². The van der Waals surface area contributed by atoms with Gasteiger partial charge in [-0.1, -0.05) is 109 Å². The third-order valence-electron chi connectivity index (χ3n) is 6.53. The average Bonchev–Trinajstić information content (AvgIpc) is 3.13. The maximum Gasteiger partial charge on any atom is -0.00514 e. The highest BCUT2D eigenvalue weighted by Crippen LogP contribution is 2.41. The summed E-state index contributed by atoms with van der Waals surface area (Å²) in [6.07, 6.45) is 10.1. The lowest BCUT2D eigenvalue weighted by Crippen LogP contribution is -1.95. The van der Waals surface area contributed by atoms with Crippen LogP contribution in [0.3, 0.4) is 0 Å². The van der Waals surface area contributed by atoms with Crippen LogP contribution in [0.5, 0.6) is 0 Å². The van der Waals surface area contributed by atoms with E-state index in [1.165, 1.54) is 87.7 Å². The van der Waals surface area contributed by atoms with E-state index in [1.54, 1.807) is 5.57 Å². The number of allylic oxidation sites excluding steroid dienone is 1. The largest absolute Gasteiger partial charge is 0.0654 e. The van der Waals surface area contributed by atoms with Crippen molar-refractivity contribution in [1.29, 1.82) is 0 Å². The van der Waals surface area contributed by atoms with Crippen molar-refractivity contribution in [2.45, 2.75) is 73.1 Å². The smallest absolute Gasteiger partial charge is 0.00514 e. The molecular formula is C31H36. The second kappa shape index (κ2) is 9.27. The van der Waals surface area contributed by atoms with E-state index in [4.69, 9.17) is 0 Å². The Morgan fingerprint density at radius 2 is 1.19 bits per heavy atom. The van der Waals surface area contributed by atoms with Crippen LogP contribution in [0, 0.1) is 27.7 Å². The van der Waals surface area contributed by atoms with Crippen LogP contribution in [0.15, 0.2) is 54.1 Å². The highest BCUT2D eigenvalue weighted by molar-refractivity contribution is 5.87. The van der Waals surface area contributed by atoms with Gasteiger partial charge in [0.1, 0.15) is 0 Å². The number of hydrogen-bond acceptors (Lipinski definition) is 0. The van der Waals surface area contributed by atoms with E-state index < -0.39 is 0 Å². The molecule has 0 nitrogen and oxygen atoms in total. The van der Waals surface area contributed by atoms with Crippen LogP contribution in [0.2, 0.25) is 0 Å². The van der Waals surface area contributed by atoms with Crippen molar-refractivity contribution >= 4 is 6.08 Å². The SMILES string of the molecule is CCCCCCC1=Cc2c(-c3cc(C)cc(C)c3)ccc(-c3cc(C)cc(C)c3)c2C1. The molecule has 0 aliphatic heterocycles. The van der Waals surface area contributed by atoms with Gasteiger partial charge < -0.3 is 0 Å². The maximum atomic E-state index is 2.51. The van der Waals surface area contributed by atoms with Crippen molar-refractivity contribution in [2.75, 3.05) is 0 Å². The topological polar surface area (TPSA) is 0 Å². The van der Waals surface area contributed by atoms with E-state index in [9.17, 15) is 0 Å². The highest BCUT2D eigenvalue weighted by Gasteiger charge is 2.21. The molecule has 0 bridgehead atoms. The Labute approximate surface area is 189 Å². The molecule has 0 atom stereocenters. The molecule has 3 aromatic rings. The van der Waals surface area contributed by atoms with Crippen LogP contribution in [-0.4, -0.2) is 0 Å². The van der Waals surface area contributed by atoms with Crippen molar-refractivity contribution in [3.05, 3.63) is 87.5 Å². The Bertz CT molecular complexity index is 1090. The minimum atomic E-state index is 1.10. The van der Waals surface area contributed by atoms with Gasteiger partial charge in [0.2, 0.25) is 0 Å². The summed E-state index contributed by atoms with van der Waals surface area (Å²) in [5.41, 5.74) is 15.4. The molecule has 1 aliphatic carbocycles. The van der Waals surface area contributed by atoms with Gasteiger partial charge in [0.25, 0.3) is 0 Å². The Morgan fingerprint density at radius 1 is 0.645 bits per heavy atom. The van der Waals surface area contributed by atoms with Gasteiger partial charge in [-0.2, -0.15) is 0 Å². The molecule has 0 heterocycles. The fraction of sp³-hybridized carbons (Fsp3) is 0.355. The molecule has 1 aliphatic rings. The van der Waals surface area contributed by atoms with E-state index in [-0.39, 0.29) is 0 Å². The quantitative estimate of drug-likeness (QED) is 0.342. The fourth-order valence-corrected chi connectivity index (χ4v) is 5.22. The summed E-state index contributed by atoms with van der Waals surface area (Å²) in [5, 5.41) is 0. The molecule has 0 aromatic heterocycles. The molecule has 0 radical (unpaired) electrons. The fourth-order valence-electron chi connectivity index (χ4n) is 5.22. The van der Waals surface area contributed by atoms with Crippen molar-refractivity contribution < 1.29 is 0 Å². The van der Waals surface area contributed by atoms with Crippen molar-refractivity contribution in [3.63, 3.8) is 0 Å². The van der Waals surface area contributed by atoms with Crippen LogP contribution in [0.25, 0.3) is 28.3 Å². The Kier molecular flexibility index (Phi) is 6.46. The molecule has 0 heteroatoms. The van der Waals surface area contributed by atoms with Crippen LogP contribution in [-0.2, 0) is 6.42 Å². The van der Waals surface area contributed by atoms with Gasteiger partial charge in [0.15, 0.2) is 0 Å². The summed E-state index contributed by atoms with van der Waals surface area (Å²) >= 11 is 0. The molecule has 4 rings (SSSR count). The van der Waals surface area contributed by atoms with E-state index in [0.29, 0.717) is 0 Å². The minimum absolute atomic E-state index is 1.10. The molecule has 0 spiro atoms. The number of unbranched alkanes of at least 4 members (excludes halogenated alkanes) is 3. The first-order chi connectivity index (χ1) is 14.9. The number of rotatable bonds is 7. The zero-order valence-corrected chi connectivity index (χ0v) is 19.9. The van der Waals surface area contributed by atoms with Crippen LogP contribution >= 0.6 is 0 Å². The summed E-state index contributed by atoms with van der Waals surface area (Å²) in [6, 6.07) is 18.6. The zero-order valence-electron chi connectivity index (χ0n) is 19.9. The predicted octanol–water partition coefficient (Wildman–Crippen LogP) is 9.16. The highest BCUT2D eigenvalue weighted by atomic mass is 14.3. The number of hydrogen-bond donors (Lipinski definition) is 0. The maximum absolute atomic E-state index is 2.51. The van der Waals surface area contributed by atoms with E-state index >= 15 is 0 Å². The summed E-state index contributed by atoms with van der Waals surface area (Å²) in [5.74, 6) is 0. The van der Waals surface area contributed by atoms with Gasteiger partial charge in [-0.25, -0.2) is 0 Å². The van der Waals surface area contributed by atoms with Crippen LogP contribution in [0.1, 0.15) is 72.4 Å². The van der Waals surface area contributed by atoms with Gasteiger partial charge >= 0.3 is 0 Å². The molecule has 0 amide bonds. The molecular weight excluding hydrogens is 372 g/mol. The predicted molar refractivity (Wildman–Crippen MR) is 137 cm³/mol. The van der Waals surface area contributed by atoms with Crippen molar-refractivity contribution in [3.8, 4) is 22.3 Å². The Balaban J connectivity index is 1.79. The van der Waals surface area contributed by atoms with Gasteiger partial charge in [0, 0.05) is 0 Å². The van der Waals surface area contributed by atoms with Gasteiger partial charge in [-0.15, -0.1) is 0 Å². The molecule has 0 saturated heterocycles. The molecule has 0 saturated carbocycles. The second-order valence-electron chi connectivity index (χ2n) is 9.60. The first kappa shape index (κ1) is 21.6. The lowest BCUT2D eigenvalue weighted by molar-refractivity contribution is 0.662. The summed E-state index contributed by atoms with van der Waals surface area (Å²) in [4.78, 5) is 0. The average molecular weight is 409 g/mol. The zero-order chi connectivity index (χ0) is 22.0. The van der Waals surface area contributed by atoms with E-state index in [1.807, 2.05) is 0 Å². The van der Waals surface area contributed by atoms with Gasteiger partial charge in [-0.3, -0.25) is 0 Å². The molecule has 160 valence electrons. The van der Waals surface area contributed by atoms with E-state index in [0.717, 1.165) is 6.42 Å². The molecule has 0 N–H and O–H groups in total. The standard InChI is InChI=1S/C31H36/c1-6-7-8-9-10-25-19-30-28(26-15-21(2)13-22(3)16-26)11-12-29(31(30)20-25)27-17-23(4)14-24(5)18-27/h11-19H,6-10,20H2,1-5H3. The first-order valence-corrected chi connectivity index (χ1v) is 12.0. The monoisotopic (exact) mass is 408 g/mol. The lowest BCUT2D eigenvalue weighted by Gasteiger charge is -2.16. The molecule has 0 unspecified atom stereocenters. The summed E-state index contributed by atoms with van der Waals surface area (Å²) in [7, 11) is 0. The summed E-state index contributed by atoms with van der Waals surface area (Å²) < 4.78 is 0. The lowest BCUT2D eigenvalue weighted by atomic mass is 9.88. The molecule has 0 fully saturated rings. The second-order valence-corrected chi connectivity index (χ2v) is 9.60. The summed E-state index contributed by atoms with van der Waals surface area (Å²) in [6.45, 7) is 11.1. The van der Waals surface area contributed by atoms with Crippen molar-refractivity contribution in [2.24, 2.45) is 0 Å². The van der Waals surface area contributed by atoms with Crippen LogP contribution < -0.4 is 0 Å². The number of benzene rings is 3. The van der Waals surface area contributed by atoms with Gasteiger partial charge in [0.05, 0.1) is 0 Å². The number of fused-ring (bicyclic) bond motifs is 1. The van der Waals surface area contributed by atoms with Gasteiger partial charge in [-0.05, 0) is 80.3 Å². The third-order valence-corrected chi connectivity index (χ3v) is 6.53. The Morgan fingerprint density at radius 3 is 1.77 bits per heavy atom. The minimum Gasteiger partial charge on any atom is -0.0654 e. The number of aryl methyl sites for hydroxylation is 4. The third kappa shape index (κ3) is 4.85.